The molecule has 0 aliphatic carbocycles. The van der Waals surface area contributed by atoms with Crippen LogP contribution in [0.5, 0.6) is 0 Å². The van der Waals surface area contributed by atoms with Gasteiger partial charge < -0.3 is 8.98 Å². The average molecular weight is 337 g/mol. The molecule has 1 aliphatic heterocycles. The molecule has 0 amide bonds. The van der Waals surface area contributed by atoms with Crippen molar-refractivity contribution in [2.45, 2.75) is 25.6 Å². The van der Waals surface area contributed by atoms with Gasteiger partial charge in [-0.3, -0.25) is 15.0 Å². The van der Waals surface area contributed by atoms with Crippen molar-refractivity contribution in [2.24, 2.45) is 0 Å². The fourth-order valence-corrected chi connectivity index (χ4v) is 3.58. The molecule has 1 aliphatic rings. The average Bonchev–Trinajstić information content (AvgIpc) is 3.26. The summed E-state index contributed by atoms with van der Waals surface area (Å²) >= 11 is 0. The predicted molar refractivity (Wildman–Crippen MR) is 93.1 cm³/mol. The van der Waals surface area contributed by atoms with Crippen molar-refractivity contribution < 1.29 is 9.34 Å². The van der Waals surface area contributed by atoms with Crippen molar-refractivity contribution in [2.75, 3.05) is 6.54 Å². The molecule has 6 nitrogen and oxygen atoms in total. The zero-order valence-electron chi connectivity index (χ0n) is 13.7. The van der Waals surface area contributed by atoms with E-state index >= 15 is 0 Å². The molecular formula is C19H19N3O3. The second-order valence-electron chi connectivity index (χ2n) is 6.33. The summed E-state index contributed by atoms with van der Waals surface area (Å²) in [5.74, 6) is 0. The third-order valence-corrected chi connectivity index (χ3v) is 4.75. The summed E-state index contributed by atoms with van der Waals surface area (Å²) in [7, 11) is 0. The van der Waals surface area contributed by atoms with Crippen molar-refractivity contribution in [1.82, 2.24) is 9.47 Å². The second-order valence-corrected chi connectivity index (χ2v) is 6.33. The van der Waals surface area contributed by atoms with E-state index < -0.39 is 0 Å². The number of furan rings is 1. The van der Waals surface area contributed by atoms with E-state index in [1.165, 1.54) is 5.69 Å². The largest absolute Gasteiger partial charge is 0.472 e. The standard InChI is InChI=1S/C19H19N3O3/c23-22(24)17-6-4-15(5-7-17)13-21-11-2-10-20-9-1-3-18(20)19(21)16-8-12-25-14-16/h1,3-9,12,14,19H,2,10-11,13H2. The highest BCUT2D eigenvalue weighted by atomic mass is 16.6. The zero-order valence-corrected chi connectivity index (χ0v) is 13.7. The minimum atomic E-state index is -0.364. The summed E-state index contributed by atoms with van der Waals surface area (Å²) < 4.78 is 7.63. The molecule has 1 unspecified atom stereocenters. The van der Waals surface area contributed by atoms with E-state index in [1.54, 1.807) is 24.7 Å². The molecule has 0 N–H and O–H groups in total. The van der Waals surface area contributed by atoms with Crippen LogP contribution >= 0.6 is 0 Å². The SMILES string of the molecule is O=[N+]([O-])c1ccc(CN2CCCn3cccc3C2c2ccoc2)cc1. The van der Waals surface area contributed by atoms with E-state index in [0.29, 0.717) is 0 Å². The van der Waals surface area contributed by atoms with Gasteiger partial charge in [-0.05, 0) is 30.2 Å². The second kappa shape index (κ2) is 6.57. The molecule has 4 rings (SSSR count). The lowest BCUT2D eigenvalue weighted by molar-refractivity contribution is -0.384. The van der Waals surface area contributed by atoms with Crippen LogP contribution in [0.1, 0.15) is 29.3 Å². The highest BCUT2D eigenvalue weighted by molar-refractivity contribution is 5.33. The van der Waals surface area contributed by atoms with Crippen LogP contribution in [0.3, 0.4) is 0 Å². The highest BCUT2D eigenvalue weighted by Crippen LogP contribution is 2.33. The van der Waals surface area contributed by atoms with Crippen LogP contribution in [0.4, 0.5) is 5.69 Å². The molecule has 0 saturated heterocycles. The first kappa shape index (κ1) is 15.7. The Kier molecular flexibility index (Phi) is 4.11. The monoisotopic (exact) mass is 337 g/mol. The Labute approximate surface area is 145 Å². The van der Waals surface area contributed by atoms with Crippen LogP contribution in [0.2, 0.25) is 0 Å². The van der Waals surface area contributed by atoms with Crippen LogP contribution < -0.4 is 0 Å². The molecule has 1 atom stereocenters. The maximum atomic E-state index is 10.8. The lowest BCUT2D eigenvalue weighted by Gasteiger charge is -2.29. The van der Waals surface area contributed by atoms with Gasteiger partial charge in [-0.15, -0.1) is 0 Å². The van der Waals surface area contributed by atoms with E-state index in [2.05, 4.69) is 27.8 Å². The molecular weight excluding hydrogens is 318 g/mol. The quantitative estimate of drug-likeness (QED) is 0.533. The Morgan fingerprint density at radius 1 is 1.16 bits per heavy atom. The summed E-state index contributed by atoms with van der Waals surface area (Å²) in [6.45, 7) is 2.68. The first-order chi connectivity index (χ1) is 12.2. The number of rotatable bonds is 4. The maximum Gasteiger partial charge on any atom is 0.269 e. The Morgan fingerprint density at radius 2 is 2.00 bits per heavy atom. The van der Waals surface area contributed by atoms with Gasteiger partial charge in [0.1, 0.15) is 0 Å². The molecule has 0 fully saturated rings. The molecule has 128 valence electrons. The van der Waals surface area contributed by atoms with E-state index in [-0.39, 0.29) is 16.7 Å². The molecule has 0 bridgehead atoms. The number of nitrogens with zero attached hydrogens (tertiary/aromatic N) is 3. The topological polar surface area (TPSA) is 64.5 Å². The number of benzene rings is 1. The maximum absolute atomic E-state index is 10.8. The van der Waals surface area contributed by atoms with E-state index in [0.717, 1.165) is 37.2 Å². The molecule has 3 heterocycles. The van der Waals surface area contributed by atoms with Gasteiger partial charge in [0.25, 0.3) is 5.69 Å². The van der Waals surface area contributed by atoms with Crippen molar-refractivity contribution in [3.63, 3.8) is 0 Å². The minimum Gasteiger partial charge on any atom is -0.472 e. The van der Waals surface area contributed by atoms with Crippen LogP contribution in [0.25, 0.3) is 0 Å². The van der Waals surface area contributed by atoms with Gasteiger partial charge in [0.2, 0.25) is 0 Å². The molecule has 2 aromatic heterocycles. The van der Waals surface area contributed by atoms with E-state index in [9.17, 15) is 10.1 Å². The fourth-order valence-electron chi connectivity index (χ4n) is 3.58. The summed E-state index contributed by atoms with van der Waals surface area (Å²) in [6, 6.07) is 13.2. The molecule has 0 saturated carbocycles. The Morgan fingerprint density at radius 3 is 2.72 bits per heavy atom. The van der Waals surface area contributed by atoms with Crippen molar-refractivity contribution in [1.29, 1.82) is 0 Å². The summed E-state index contributed by atoms with van der Waals surface area (Å²) in [6.07, 6.45) is 6.69. The summed E-state index contributed by atoms with van der Waals surface area (Å²) in [5.41, 5.74) is 3.57. The van der Waals surface area contributed by atoms with Crippen LogP contribution in [0, 0.1) is 10.1 Å². The molecule has 1 aromatic carbocycles. The Balaban J connectivity index is 1.66. The lowest BCUT2D eigenvalue weighted by Crippen LogP contribution is -2.29. The van der Waals surface area contributed by atoms with Gasteiger partial charge in [0, 0.05) is 49.2 Å². The van der Waals surface area contributed by atoms with Gasteiger partial charge >= 0.3 is 0 Å². The number of nitro benzene ring substituents is 1. The van der Waals surface area contributed by atoms with Crippen LogP contribution in [-0.2, 0) is 13.1 Å². The first-order valence-corrected chi connectivity index (χ1v) is 8.37. The molecule has 3 aromatic rings. The third-order valence-electron chi connectivity index (χ3n) is 4.75. The highest BCUT2D eigenvalue weighted by Gasteiger charge is 2.28. The Hall–Kier alpha value is -2.86. The number of hydrogen-bond acceptors (Lipinski definition) is 4. The third kappa shape index (κ3) is 3.08. The number of non-ortho nitro benzene ring substituents is 1. The van der Waals surface area contributed by atoms with Gasteiger partial charge in [0.05, 0.1) is 23.5 Å². The van der Waals surface area contributed by atoms with Crippen molar-refractivity contribution >= 4 is 5.69 Å². The van der Waals surface area contributed by atoms with Gasteiger partial charge in [-0.25, -0.2) is 0 Å². The smallest absolute Gasteiger partial charge is 0.269 e. The predicted octanol–water partition coefficient (Wildman–Crippen LogP) is 3.98. The van der Waals surface area contributed by atoms with Crippen LogP contribution in [-0.4, -0.2) is 20.9 Å². The number of aryl methyl sites for hydroxylation is 1. The van der Waals surface area contributed by atoms with Gasteiger partial charge in [0.15, 0.2) is 0 Å². The zero-order chi connectivity index (χ0) is 17.2. The molecule has 25 heavy (non-hydrogen) atoms. The number of aromatic nitrogens is 1. The van der Waals surface area contributed by atoms with Crippen molar-refractivity contribution in [3.05, 3.63) is 88.1 Å². The molecule has 0 radical (unpaired) electrons. The van der Waals surface area contributed by atoms with E-state index in [4.69, 9.17) is 4.42 Å². The number of nitro groups is 1. The fraction of sp³-hybridized carbons (Fsp3) is 0.263. The lowest BCUT2D eigenvalue weighted by atomic mass is 10.0. The molecule has 6 heteroatoms. The minimum absolute atomic E-state index is 0.117. The van der Waals surface area contributed by atoms with Crippen LogP contribution in [0.15, 0.2) is 65.6 Å². The Bertz CT molecular complexity index is 852. The first-order valence-electron chi connectivity index (χ1n) is 8.37. The van der Waals surface area contributed by atoms with Gasteiger partial charge in [-0.1, -0.05) is 12.1 Å². The van der Waals surface area contributed by atoms with E-state index in [1.807, 2.05) is 18.2 Å². The molecule has 0 spiro atoms. The normalized spacial score (nSPS) is 17.8. The number of fused-ring (bicyclic) bond motifs is 1. The van der Waals surface area contributed by atoms with Crippen molar-refractivity contribution in [3.8, 4) is 0 Å². The van der Waals surface area contributed by atoms with Gasteiger partial charge in [-0.2, -0.15) is 0 Å². The summed E-state index contributed by atoms with van der Waals surface area (Å²) in [5, 5.41) is 10.8. The summed E-state index contributed by atoms with van der Waals surface area (Å²) in [4.78, 5) is 12.9. The number of hydrogen-bond donors (Lipinski definition) is 0.